The molecule has 0 radical (unpaired) electrons. The zero-order valence-corrected chi connectivity index (χ0v) is 18.5. The van der Waals surface area contributed by atoms with Crippen LogP contribution in [0.4, 0.5) is 15.8 Å². The van der Waals surface area contributed by atoms with E-state index >= 15 is 0 Å². The normalized spacial score (nSPS) is 17.7. The fraction of sp³-hybridized carbons (Fsp3) is 0.259. The third-order valence-electron chi connectivity index (χ3n) is 5.95. The lowest BCUT2D eigenvalue weighted by Gasteiger charge is -2.44. The van der Waals surface area contributed by atoms with Crippen molar-refractivity contribution in [2.45, 2.75) is 39.3 Å². The predicted molar refractivity (Wildman–Crippen MR) is 125 cm³/mol. The molecule has 0 N–H and O–H groups in total. The highest BCUT2D eigenvalue weighted by molar-refractivity contribution is 6.07. The molecule has 164 valence electrons. The average molecular weight is 431 g/mol. The highest BCUT2D eigenvalue weighted by Crippen LogP contribution is 2.43. The number of hydrogen-bond donors (Lipinski definition) is 0. The molecule has 5 heteroatoms. The van der Waals surface area contributed by atoms with E-state index in [0.717, 1.165) is 11.3 Å². The third-order valence-corrected chi connectivity index (χ3v) is 5.95. The molecule has 1 aliphatic heterocycles. The van der Waals surface area contributed by atoms with E-state index in [4.69, 9.17) is 0 Å². The molecule has 3 aromatic carbocycles. The van der Waals surface area contributed by atoms with Crippen molar-refractivity contribution in [2.24, 2.45) is 5.92 Å². The number of amides is 2. The van der Waals surface area contributed by atoms with Crippen LogP contribution in [0.15, 0.2) is 78.9 Å². The van der Waals surface area contributed by atoms with Crippen molar-refractivity contribution >= 4 is 23.2 Å². The zero-order chi connectivity index (χ0) is 22.8. The average Bonchev–Trinajstić information content (AvgIpc) is 2.80. The number of anilines is 2. The van der Waals surface area contributed by atoms with Crippen LogP contribution >= 0.6 is 0 Å². The molecule has 1 heterocycles. The maximum Gasteiger partial charge on any atom is 0.258 e. The minimum Gasteiger partial charge on any atom is -0.309 e. The second-order valence-electron chi connectivity index (χ2n) is 8.54. The van der Waals surface area contributed by atoms with Crippen molar-refractivity contribution in [3.8, 4) is 0 Å². The van der Waals surface area contributed by atoms with Crippen LogP contribution in [0.2, 0.25) is 0 Å². The number of halogens is 1. The summed E-state index contributed by atoms with van der Waals surface area (Å²) in [4.78, 5) is 30.3. The lowest BCUT2D eigenvalue weighted by molar-refractivity contribution is -0.122. The van der Waals surface area contributed by atoms with Crippen molar-refractivity contribution in [1.82, 2.24) is 0 Å². The lowest BCUT2D eigenvalue weighted by Crippen LogP contribution is -2.49. The first-order chi connectivity index (χ1) is 15.4. The van der Waals surface area contributed by atoms with Gasteiger partial charge in [0.05, 0.1) is 6.04 Å². The predicted octanol–water partition coefficient (Wildman–Crippen LogP) is 6.00. The van der Waals surface area contributed by atoms with Crippen LogP contribution in [0.3, 0.4) is 0 Å². The summed E-state index contributed by atoms with van der Waals surface area (Å²) in [6.07, 6.45) is 0.575. The van der Waals surface area contributed by atoms with Crippen LogP contribution in [0.5, 0.6) is 0 Å². The number of para-hydroxylation sites is 1. The summed E-state index contributed by atoms with van der Waals surface area (Å²) in [6, 6.07) is 22.5. The Labute approximate surface area is 188 Å². The molecule has 0 bridgehead atoms. The summed E-state index contributed by atoms with van der Waals surface area (Å²) < 4.78 is 13.7. The van der Waals surface area contributed by atoms with E-state index in [9.17, 15) is 14.0 Å². The summed E-state index contributed by atoms with van der Waals surface area (Å²) in [5.74, 6) is -0.591. The van der Waals surface area contributed by atoms with Crippen molar-refractivity contribution in [2.75, 3.05) is 9.80 Å². The first-order valence-corrected chi connectivity index (χ1v) is 10.9. The molecule has 0 aliphatic carbocycles. The molecule has 3 aromatic rings. The first-order valence-electron chi connectivity index (χ1n) is 10.9. The Morgan fingerprint density at radius 2 is 1.56 bits per heavy atom. The summed E-state index contributed by atoms with van der Waals surface area (Å²) in [5.41, 5.74) is 2.91. The van der Waals surface area contributed by atoms with Crippen molar-refractivity contribution in [3.63, 3.8) is 0 Å². The molecule has 2 atom stereocenters. The van der Waals surface area contributed by atoms with Gasteiger partial charge < -0.3 is 9.80 Å². The SMILES string of the molecule is CC(C)C(=O)N1c2ccccc2[C@@H](N(C(=O)c2ccccc2)c2ccc(F)cc2)C[C@H]1C. The molecule has 1 aliphatic rings. The number of nitrogens with zero attached hydrogens (tertiary/aromatic N) is 2. The molecule has 4 rings (SSSR count). The van der Waals surface area contributed by atoms with E-state index < -0.39 is 0 Å². The maximum atomic E-state index is 13.7. The highest BCUT2D eigenvalue weighted by atomic mass is 19.1. The summed E-state index contributed by atoms with van der Waals surface area (Å²) >= 11 is 0. The Kier molecular flexibility index (Phi) is 6.08. The molecule has 4 nitrogen and oxygen atoms in total. The maximum absolute atomic E-state index is 13.7. The second-order valence-corrected chi connectivity index (χ2v) is 8.54. The van der Waals surface area contributed by atoms with E-state index in [2.05, 4.69) is 0 Å². The van der Waals surface area contributed by atoms with E-state index in [1.807, 2.05) is 68.1 Å². The Hall–Kier alpha value is -3.47. The zero-order valence-electron chi connectivity index (χ0n) is 18.5. The Balaban J connectivity index is 1.85. The van der Waals surface area contributed by atoms with Crippen molar-refractivity contribution < 1.29 is 14.0 Å². The van der Waals surface area contributed by atoms with Gasteiger partial charge in [0.25, 0.3) is 5.91 Å². The van der Waals surface area contributed by atoms with Gasteiger partial charge in [-0.3, -0.25) is 9.59 Å². The third kappa shape index (κ3) is 4.03. The lowest BCUT2D eigenvalue weighted by atomic mass is 9.88. The molecular formula is C27H27FN2O2. The molecule has 0 saturated carbocycles. The molecule has 0 spiro atoms. The van der Waals surface area contributed by atoms with Crippen LogP contribution < -0.4 is 9.80 Å². The standard InChI is InChI=1S/C27H27FN2O2/c1-18(2)26(31)29-19(3)17-25(23-11-7-8-12-24(23)29)30(22-15-13-21(28)14-16-22)27(32)20-9-5-4-6-10-20/h4-16,18-19,25H,17H2,1-3H3/t19-,25+/m1/s1. The Morgan fingerprint density at radius 3 is 2.22 bits per heavy atom. The van der Waals surface area contributed by atoms with Gasteiger partial charge >= 0.3 is 0 Å². The largest absolute Gasteiger partial charge is 0.309 e. The van der Waals surface area contributed by atoms with Crippen LogP contribution in [0.1, 0.15) is 49.2 Å². The first kappa shape index (κ1) is 21.8. The van der Waals surface area contributed by atoms with Gasteiger partial charge in [-0.1, -0.05) is 50.2 Å². The molecular weight excluding hydrogens is 403 g/mol. The fourth-order valence-corrected chi connectivity index (χ4v) is 4.40. The molecule has 0 saturated heterocycles. The summed E-state index contributed by atoms with van der Waals surface area (Å²) in [7, 11) is 0. The van der Waals surface area contributed by atoms with E-state index in [-0.39, 0.29) is 35.6 Å². The van der Waals surface area contributed by atoms with Gasteiger partial charge in [-0.2, -0.15) is 0 Å². The molecule has 0 aromatic heterocycles. The smallest absolute Gasteiger partial charge is 0.258 e. The van der Waals surface area contributed by atoms with Gasteiger partial charge in [0.15, 0.2) is 0 Å². The Morgan fingerprint density at radius 1 is 0.938 bits per heavy atom. The Bertz CT molecular complexity index is 1110. The van der Waals surface area contributed by atoms with Crippen LogP contribution in [-0.2, 0) is 4.79 Å². The molecule has 2 amide bonds. The van der Waals surface area contributed by atoms with Gasteiger partial charge in [-0.15, -0.1) is 0 Å². The van der Waals surface area contributed by atoms with Gasteiger partial charge in [-0.25, -0.2) is 4.39 Å². The van der Waals surface area contributed by atoms with Crippen molar-refractivity contribution in [1.29, 1.82) is 0 Å². The number of rotatable bonds is 4. The van der Waals surface area contributed by atoms with E-state index in [1.165, 1.54) is 12.1 Å². The number of benzene rings is 3. The minimum atomic E-state index is -0.355. The van der Waals surface area contributed by atoms with Gasteiger partial charge in [-0.05, 0) is 61.4 Å². The van der Waals surface area contributed by atoms with Gasteiger partial charge in [0.2, 0.25) is 5.91 Å². The topological polar surface area (TPSA) is 40.6 Å². The molecule has 0 unspecified atom stereocenters. The number of carbonyl (C=O) groups is 2. The monoisotopic (exact) mass is 430 g/mol. The quantitative estimate of drug-likeness (QED) is 0.510. The number of hydrogen-bond acceptors (Lipinski definition) is 2. The van der Waals surface area contributed by atoms with Crippen LogP contribution in [-0.4, -0.2) is 17.9 Å². The van der Waals surface area contributed by atoms with Crippen LogP contribution in [0, 0.1) is 11.7 Å². The number of carbonyl (C=O) groups excluding carboxylic acids is 2. The van der Waals surface area contributed by atoms with Crippen LogP contribution in [0.25, 0.3) is 0 Å². The minimum absolute atomic E-state index is 0.0612. The fourth-order valence-electron chi connectivity index (χ4n) is 4.40. The van der Waals surface area contributed by atoms with Crippen molar-refractivity contribution in [3.05, 3.63) is 95.8 Å². The van der Waals surface area contributed by atoms with Gasteiger partial charge in [0, 0.05) is 28.9 Å². The summed E-state index contributed by atoms with van der Waals surface area (Å²) in [5, 5.41) is 0. The molecule has 0 fully saturated rings. The molecule has 32 heavy (non-hydrogen) atoms. The van der Waals surface area contributed by atoms with E-state index in [0.29, 0.717) is 17.7 Å². The summed E-state index contributed by atoms with van der Waals surface area (Å²) in [6.45, 7) is 5.81. The second kappa shape index (κ2) is 8.95. The van der Waals surface area contributed by atoms with E-state index in [1.54, 1.807) is 29.2 Å². The van der Waals surface area contributed by atoms with Gasteiger partial charge in [0.1, 0.15) is 5.82 Å². The number of fused-ring (bicyclic) bond motifs is 1. The highest BCUT2D eigenvalue weighted by Gasteiger charge is 2.39.